The fourth-order valence-corrected chi connectivity index (χ4v) is 7.76. The molecular formula is C53H39N. The van der Waals surface area contributed by atoms with Gasteiger partial charge in [0.2, 0.25) is 0 Å². The van der Waals surface area contributed by atoms with Crippen LogP contribution in [0.5, 0.6) is 0 Å². The summed E-state index contributed by atoms with van der Waals surface area (Å²) in [5.74, 6) is 0. The molecule has 0 radical (unpaired) electrons. The SMILES string of the molecule is Cc1cccc(N(c2ccc(-c3cc4ccccc4c4ccccc34)cc2)c2ccccc2-c2ccccc2)c1.c1ccc2c(c1)ccc1ccccc12. The largest absolute Gasteiger partial charge is 0.310 e. The average molecular weight is 690 g/mol. The number of fused-ring (bicyclic) bond motifs is 6. The molecule has 256 valence electrons. The minimum Gasteiger partial charge on any atom is -0.310 e. The molecule has 0 atom stereocenters. The van der Waals surface area contributed by atoms with Crippen LogP contribution in [0.25, 0.3) is 65.3 Å². The maximum absolute atomic E-state index is 2.37. The van der Waals surface area contributed by atoms with Crippen molar-refractivity contribution in [2.45, 2.75) is 6.92 Å². The Morgan fingerprint density at radius 3 is 1.48 bits per heavy atom. The van der Waals surface area contributed by atoms with Crippen LogP contribution in [0.4, 0.5) is 17.1 Å². The molecule has 10 aromatic rings. The fraction of sp³-hybridized carbons (Fsp3) is 0.0189. The summed E-state index contributed by atoms with van der Waals surface area (Å²) in [6, 6.07) is 78.2. The molecule has 0 aliphatic rings. The van der Waals surface area contributed by atoms with Gasteiger partial charge in [-0.25, -0.2) is 0 Å². The molecule has 10 aromatic carbocycles. The normalized spacial score (nSPS) is 11.1. The summed E-state index contributed by atoms with van der Waals surface area (Å²) in [7, 11) is 0. The second-order valence-corrected chi connectivity index (χ2v) is 13.8. The van der Waals surface area contributed by atoms with Gasteiger partial charge in [0.15, 0.2) is 0 Å². The first-order chi connectivity index (χ1) is 26.7. The number of nitrogens with zero attached hydrogens (tertiary/aromatic N) is 1. The first-order valence-electron chi connectivity index (χ1n) is 18.6. The van der Waals surface area contributed by atoms with Gasteiger partial charge >= 0.3 is 0 Å². The molecule has 1 heteroatoms. The lowest BCUT2D eigenvalue weighted by atomic mass is 9.93. The average Bonchev–Trinajstić information content (AvgIpc) is 3.24. The predicted octanol–water partition coefficient (Wildman–Crippen LogP) is 15.1. The molecule has 10 rings (SSSR count). The summed E-state index contributed by atoms with van der Waals surface area (Å²) in [6.07, 6.45) is 0. The van der Waals surface area contributed by atoms with E-state index >= 15 is 0 Å². The smallest absolute Gasteiger partial charge is 0.0540 e. The van der Waals surface area contributed by atoms with E-state index in [1.54, 1.807) is 0 Å². The first kappa shape index (κ1) is 32.9. The highest BCUT2D eigenvalue weighted by atomic mass is 15.1. The van der Waals surface area contributed by atoms with Gasteiger partial charge in [-0.15, -0.1) is 0 Å². The summed E-state index contributed by atoms with van der Waals surface area (Å²) in [6.45, 7) is 2.15. The van der Waals surface area contributed by atoms with E-state index in [2.05, 4.69) is 230 Å². The number of rotatable bonds is 5. The summed E-state index contributed by atoms with van der Waals surface area (Å²) in [5, 5.41) is 10.4. The summed E-state index contributed by atoms with van der Waals surface area (Å²) in [5.41, 5.74) is 9.54. The Morgan fingerprint density at radius 2 is 0.815 bits per heavy atom. The van der Waals surface area contributed by atoms with E-state index in [9.17, 15) is 0 Å². The highest BCUT2D eigenvalue weighted by Gasteiger charge is 2.18. The monoisotopic (exact) mass is 689 g/mol. The van der Waals surface area contributed by atoms with E-state index in [0.717, 1.165) is 17.1 Å². The first-order valence-corrected chi connectivity index (χ1v) is 18.6. The van der Waals surface area contributed by atoms with E-state index < -0.39 is 0 Å². The number of anilines is 3. The third-order valence-electron chi connectivity index (χ3n) is 10.3. The summed E-state index contributed by atoms with van der Waals surface area (Å²) < 4.78 is 0. The van der Waals surface area contributed by atoms with Crippen molar-refractivity contribution in [1.82, 2.24) is 0 Å². The molecular weight excluding hydrogens is 651 g/mol. The standard InChI is InChI=1S/C39H29N.C14H10/c1-28-12-11-16-33(26-28)40(39-21-10-9-18-35(39)29-13-3-2-4-14-29)32-24-22-30(23-25-32)38-27-31-15-5-6-17-34(31)36-19-7-8-20-37(36)38;1-3-7-13-11(5-1)9-10-12-6-2-4-8-14(12)13/h2-27H,1H3;1-10H. The van der Waals surface area contributed by atoms with Gasteiger partial charge in [-0.1, -0.05) is 182 Å². The number of benzene rings is 10. The molecule has 0 bridgehead atoms. The molecule has 0 aliphatic heterocycles. The minimum atomic E-state index is 1.13. The Kier molecular flexibility index (Phi) is 8.89. The van der Waals surface area contributed by atoms with E-state index in [0.29, 0.717) is 0 Å². The summed E-state index contributed by atoms with van der Waals surface area (Å²) >= 11 is 0. The molecule has 0 heterocycles. The Bertz CT molecular complexity index is 2830. The lowest BCUT2D eigenvalue weighted by Crippen LogP contribution is -2.11. The van der Waals surface area contributed by atoms with Crippen LogP contribution in [0.1, 0.15) is 5.56 Å². The second-order valence-electron chi connectivity index (χ2n) is 13.8. The molecule has 0 unspecified atom stereocenters. The van der Waals surface area contributed by atoms with Crippen LogP contribution in [0.15, 0.2) is 218 Å². The van der Waals surface area contributed by atoms with Crippen LogP contribution in [0.3, 0.4) is 0 Å². The van der Waals surface area contributed by atoms with Crippen molar-refractivity contribution in [3.63, 3.8) is 0 Å². The zero-order valence-electron chi connectivity index (χ0n) is 30.2. The van der Waals surface area contributed by atoms with Crippen molar-refractivity contribution < 1.29 is 0 Å². The summed E-state index contributed by atoms with van der Waals surface area (Å²) in [4.78, 5) is 2.37. The number of para-hydroxylation sites is 1. The number of hydrogen-bond donors (Lipinski definition) is 0. The van der Waals surface area contributed by atoms with Crippen LogP contribution in [-0.2, 0) is 0 Å². The Morgan fingerprint density at radius 1 is 0.296 bits per heavy atom. The van der Waals surface area contributed by atoms with Gasteiger partial charge in [0.1, 0.15) is 0 Å². The lowest BCUT2D eigenvalue weighted by Gasteiger charge is -2.28. The Balaban J connectivity index is 0.000000229. The number of hydrogen-bond acceptors (Lipinski definition) is 1. The molecule has 0 aliphatic carbocycles. The van der Waals surface area contributed by atoms with Gasteiger partial charge in [-0.3, -0.25) is 0 Å². The molecule has 0 amide bonds. The Labute approximate surface area is 317 Å². The van der Waals surface area contributed by atoms with Crippen LogP contribution < -0.4 is 4.90 Å². The van der Waals surface area contributed by atoms with Crippen molar-refractivity contribution in [2.75, 3.05) is 4.90 Å². The second kappa shape index (κ2) is 14.6. The van der Waals surface area contributed by atoms with Crippen LogP contribution in [0, 0.1) is 6.92 Å². The maximum Gasteiger partial charge on any atom is 0.0540 e. The molecule has 0 spiro atoms. The molecule has 1 nitrogen and oxygen atoms in total. The van der Waals surface area contributed by atoms with E-state index in [4.69, 9.17) is 0 Å². The van der Waals surface area contributed by atoms with Crippen molar-refractivity contribution in [2.24, 2.45) is 0 Å². The van der Waals surface area contributed by atoms with Gasteiger partial charge < -0.3 is 4.90 Å². The molecule has 0 fully saturated rings. The molecule has 0 aromatic heterocycles. The molecule has 54 heavy (non-hydrogen) atoms. The Hall–Kier alpha value is -6.96. The van der Waals surface area contributed by atoms with Crippen molar-refractivity contribution in [1.29, 1.82) is 0 Å². The van der Waals surface area contributed by atoms with Gasteiger partial charge in [-0.2, -0.15) is 0 Å². The minimum absolute atomic E-state index is 1.13. The van der Waals surface area contributed by atoms with E-state index in [1.807, 2.05) is 0 Å². The lowest BCUT2D eigenvalue weighted by molar-refractivity contribution is 1.27. The third-order valence-corrected chi connectivity index (χ3v) is 10.3. The highest BCUT2D eigenvalue weighted by Crippen LogP contribution is 2.42. The molecule has 0 saturated heterocycles. The fourth-order valence-electron chi connectivity index (χ4n) is 7.76. The van der Waals surface area contributed by atoms with Crippen LogP contribution >= 0.6 is 0 Å². The predicted molar refractivity (Wildman–Crippen MR) is 233 cm³/mol. The van der Waals surface area contributed by atoms with Crippen molar-refractivity contribution >= 4 is 60.2 Å². The van der Waals surface area contributed by atoms with Gasteiger partial charge in [0.05, 0.1) is 5.69 Å². The maximum atomic E-state index is 2.37. The van der Waals surface area contributed by atoms with Gasteiger partial charge in [0, 0.05) is 16.9 Å². The van der Waals surface area contributed by atoms with Gasteiger partial charge in [0.25, 0.3) is 0 Å². The highest BCUT2D eigenvalue weighted by molar-refractivity contribution is 6.14. The van der Waals surface area contributed by atoms with Crippen LogP contribution in [-0.4, -0.2) is 0 Å². The number of aryl methyl sites for hydroxylation is 1. The zero-order chi connectivity index (χ0) is 36.3. The van der Waals surface area contributed by atoms with Crippen molar-refractivity contribution in [3.05, 3.63) is 224 Å². The topological polar surface area (TPSA) is 3.24 Å². The van der Waals surface area contributed by atoms with Gasteiger partial charge in [-0.05, 0) is 109 Å². The van der Waals surface area contributed by atoms with Crippen LogP contribution in [0.2, 0.25) is 0 Å². The van der Waals surface area contributed by atoms with E-state index in [-0.39, 0.29) is 0 Å². The quantitative estimate of drug-likeness (QED) is 0.163. The van der Waals surface area contributed by atoms with E-state index in [1.165, 1.54) is 70.9 Å². The van der Waals surface area contributed by atoms with Crippen molar-refractivity contribution in [3.8, 4) is 22.3 Å². The molecule has 0 saturated carbocycles. The zero-order valence-corrected chi connectivity index (χ0v) is 30.2. The molecule has 0 N–H and O–H groups in total. The third kappa shape index (κ3) is 6.38.